The van der Waals surface area contributed by atoms with E-state index in [0.29, 0.717) is 18.1 Å². The summed E-state index contributed by atoms with van der Waals surface area (Å²) in [5.74, 6) is 0.620. The molecule has 0 spiro atoms. The predicted octanol–water partition coefficient (Wildman–Crippen LogP) is 2.29. The summed E-state index contributed by atoms with van der Waals surface area (Å²) in [6, 6.07) is 3.82. The van der Waals surface area contributed by atoms with Crippen LogP contribution in [0.25, 0.3) is 0 Å². The number of nitrogens with two attached hydrogens (primary N) is 1. The molecule has 2 N–H and O–H groups in total. The van der Waals surface area contributed by atoms with Gasteiger partial charge in [-0.2, -0.15) is 0 Å². The molecular weight excluding hydrogens is 326 g/mol. The summed E-state index contributed by atoms with van der Waals surface area (Å²) < 4.78 is 16.3. The van der Waals surface area contributed by atoms with Crippen LogP contribution in [-0.4, -0.2) is 32.3 Å². The fraction of sp³-hybridized carbons (Fsp3) is 0.500. The molecule has 112 valence electrons. The third kappa shape index (κ3) is 5.02. The Hall–Kier alpha value is -1.27. The molecular formula is C14H20BrNO4. The van der Waals surface area contributed by atoms with E-state index in [-0.39, 0.29) is 12.6 Å². The lowest BCUT2D eigenvalue weighted by Gasteiger charge is -2.14. The predicted molar refractivity (Wildman–Crippen MR) is 80.2 cm³/mol. The van der Waals surface area contributed by atoms with E-state index in [4.69, 9.17) is 19.9 Å². The summed E-state index contributed by atoms with van der Waals surface area (Å²) >= 11 is 3.42. The van der Waals surface area contributed by atoms with E-state index in [1.165, 1.54) is 0 Å². The van der Waals surface area contributed by atoms with Crippen molar-refractivity contribution < 1.29 is 19.0 Å². The normalized spacial score (nSPS) is 11.8. The minimum absolute atomic E-state index is 0.0536. The molecule has 0 amide bonds. The first-order valence-corrected chi connectivity index (χ1v) is 7.17. The first kappa shape index (κ1) is 16.8. The van der Waals surface area contributed by atoms with Crippen molar-refractivity contribution in [2.45, 2.75) is 26.3 Å². The van der Waals surface area contributed by atoms with Gasteiger partial charge < -0.3 is 19.9 Å². The Bertz CT molecular complexity index is 463. The summed E-state index contributed by atoms with van der Waals surface area (Å²) in [5, 5.41) is 0. The van der Waals surface area contributed by atoms with Gasteiger partial charge in [0.15, 0.2) is 18.1 Å². The summed E-state index contributed by atoms with van der Waals surface area (Å²) in [4.78, 5) is 11.3. The zero-order chi connectivity index (χ0) is 15.1. The van der Waals surface area contributed by atoms with Crippen molar-refractivity contribution in [2.75, 3.05) is 20.3 Å². The summed E-state index contributed by atoms with van der Waals surface area (Å²) in [7, 11) is 1.55. The molecule has 1 rings (SSSR count). The quantitative estimate of drug-likeness (QED) is 0.767. The van der Waals surface area contributed by atoms with Crippen molar-refractivity contribution in [2.24, 2.45) is 5.73 Å². The topological polar surface area (TPSA) is 70.8 Å². The van der Waals surface area contributed by atoms with Crippen molar-refractivity contribution in [3.63, 3.8) is 0 Å². The molecule has 0 bridgehead atoms. The number of rotatable bonds is 7. The fourth-order valence-electron chi connectivity index (χ4n) is 1.74. The second-order valence-corrected chi connectivity index (χ2v) is 5.24. The molecule has 5 nitrogen and oxygen atoms in total. The van der Waals surface area contributed by atoms with Crippen LogP contribution in [0.15, 0.2) is 16.6 Å². The molecule has 0 aliphatic rings. The maximum atomic E-state index is 11.3. The Morgan fingerprint density at radius 3 is 2.70 bits per heavy atom. The van der Waals surface area contributed by atoms with Gasteiger partial charge in [-0.25, -0.2) is 4.79 Å². The zero-order valence-corrected chi connectivity index (χ0v) is 13.5. The molecule has 0 saturated heterocycles. The van der Waals surface area contributed by atoms with Crippen LogP contribution in [-0.2, 0) is 16.0 Å². The minimum atomic E-state index is -0.416. The van der Waals surface area contributed by atoms with Crippen LogP contribution in [0.1, 0.15) is 19.4 Å². The maximum absolute atomic E-state index is 11.3. The van der Waals surface area contributed by atoms with Crippen LogP contribution in [0.4, 0.5) is 0 Å². The summed E-state index contributed by atoms with van der Waals surface area (Å²) in [6.07, 6.45) is 0.729. The molecule has 0 fully saturated rings. The summed E-state index contributed by atoms with van der Waals surface area (Å²) in [6.45, 7) is 3.85. The SMILES string of the molecule is CCOC(=O)COc1c(Br)cc(CC(C)N)cc1OC. The lowest BCUT2D eigenvalue weighted by molar-refractivity contribution is -0.145. The molecule has 6 heteroatoms. The molecule has 0 aromatic heterocycles. The van der Waals surface area contributed by atoms with Gasteiger partial charge in [0.1, 0.15) is 0 Å². The van der Waals surface area contributed by atoms with E-state index in [1.54, 1.807) is 14.0 Å². The van der Waals surface area contributed by atoms with Crippen LogP contribution >= 0.6 is 15.9 Å². The Kier molecular flexibility index (Phi) is 6.81. The molecule has 0 radical (unpaired) electrons. The highest BCUT2D eigenvalue weighted by Crippen LogP contribution is 2.36. The molecule has 0 heterocycles. The minimum Gasteiger partial charge on any atom is -0.493 e. The highest BCUT2D eigenvalue weighted by atomic mass is 79.9. The number of carbonyl (C=O) groups excluding carboxylic acids is 1. The van der Waals surface area contributed by atoms with Gasteiger partial charge in [-0.05, 0) is 53.9 Å². The molecule has 0 aliphatic heterocycles. The average molecular weight is 346 g/mol. The number of carbonyl (C=O) groups is 1. The first-order valence-electron chi connectivity index (χ1n) is 6.38. The van der Waals surface area contributed by atoms with Crippen LogP contribution < -0.4 is 15.2 Å². The van der Waals surface area contributed by atoms with Gasteiger partial charge in [-0.15, -0.1) is 0 Å². The van der Waals surface area contributed by atoms with Gasteiger partial charge in [-0.3, -0.25) is 0 Å². The van der Waals surface area contributed by atoms with Gasteiger partial charge in [-0.1, -0.05) is 0 Å². The zero-order valence-electron chi connectivity index (χ0n) is 11.9. The van der Waals surface area contributed by atoms with Gasteiger partial charge in [0, 0.05) is 6.04 Å². The van der Waals surface area contributed by atoms with Crippen molar-refractivity contribution in [3.05, 3.63) is 22.2 Å². The smallest absolute Gasteiger partial charge is 0.344 e. The molecule has 0 saturated carbocycles. The highest BCUT2D eigenvalue weighted by Gasteiger charge is 2.14. The summed E-state index contributed by atoms with van der Waals surface area (Å²) in [5.41, 5.74) is 6.82. The molecule has 1 atom stereocenters. The van der Waals surface area contributed by atoms with Gasteiger partial charge >= 0.3 is 5.97 Å². The van der Waals surface area contributed by atoms with Crippen molar-refractivity contribution >= 4 is 21.9 Å². The number of esters is 1. The van der Waals surface area contributed by atoms with E-state index in [1.807, 2.05) is 19.1 Å². The number of halogens is 1. The van der Waals surface area contributed by atoms with E-state index >= 15 is 0 Å². The fourth-order valence-corrected chi connectivity index (χ4v) is 2.34. The second-order valence-electron chi connectivity index (χ2n) is 4.38. The van der Waals surface area contributed by atoms with Gasteiger partial charge in [0.05, 0.1) is 18.2 Å². The lowest BCUT2D eigenvalue weighted by atomic mass is 10.1. The Morgan fingerprint density at radius 1 is 1.45 bits per heavy atom. The number of hydrogen-bond acceptors (Lipinski definition) is 5. The molecule has 1 unspecified atom stereocenters. The molecule has 20 heavy (non-hydrogen) atoms. The standard InChI is InChI=1S/C14H20BrNO4/c1-4-19-13(17)8-20-14-11(15)6-10(5-9(2)16)7-12(14)18-3/h6-7,9H,4-5,8,16H2,1-3H3. The highest BCUT2D eigenvalue weighted by molar-refractivity contribution is 9.10. The third-order valence-electron chi connectivity index (χ3n) is 2.49. The molecule has 0 aliphatic carbocycles. The van der Waals surface area contributed by atoms with Crippen LogP contribution in [0.3, 0.4) is 0 Å². The van der Waals surface area contributed by atoms with Gasteiger partial charge in [0.2, 0.25) is 0 Å². The Morgan fingerprint density at radius 2 is 2.15 bits per heavy atom. The van der Waals surface area contributed by atoms with Crippen molar-refractivity contribution in [1.82, 2.24) is 0 Å². The number of methoxy groups -OCH3 is 1. The largest absolute Gasteiger partial charge is 0.493 e. The van der Waals surface area contributed by atoms with E-state index < -0.39 is 5.97 Å². The number of benzene rings is 1. The maximum Gasteiger partial charge on any atom is 0.344 e. The number of hydrogen-bond donors (Lipinski definition) is 1. The lowest BCUT2D eigenvalue weighted by Crippen LogP contribution is -2.18. The molecule has 1 aromatic rings. The van der Waals surface area contributed by atoms with Crippen LogP contribution in [0.5, 0.6) is 11.5 Å². The molecule has 1 aromatic carbocycles. The van der Waals surface area contributed by atoms with Crippen LogP contribution in [0, 0.1) is 0 Å². The second kappa shape index (κ2) is 8.11. The van der Waals surface area contributed by atoms with E-state index in [9.17, 15) is 4.79 Å². The Labute approximate surface area is 127 Å². The van der Waals surface area contributed by atoms with E-state index in [2.05, 4.69) is 15.9 Å². The van der Waals surface area contributed by atoms with Crippen molar-refractivity contribution in [3.8, 4) is 11.5 Å². The van der Waals surface area contributed by atoms with Crippen LogP contribution in [0.2, 0.25) is 0 Å². The average Bonchev–Trinajstić information content (AvgIpc) is 2.36. The van der Waals surface area contributed by atoms with E-state index in [0.717, 1.165) is 16.5 Å². The third-order valence-corrected chi connectivity index (χ3v) is 3.08. The monoisotopic (exact) mass is 345 g/mol. The first-order chi connectivity index (χ1) is 9.47. The van der Waals surface area contributed by atoms with Gasteiger partial charge in [0.25, 0.3) is 0 Å². The number of ether oxygens (including phenoxy) is 3. The van der Waals surface area contributed by atoms with Crippen molar-refractivity contribution in [1.29, 1.82) is 0 Å². The Balaban J connectivity index is 2.87.